The van der Waals surface area contributed by atoms with Gasteiger partial charge in [0.25, 0.3) is 0 Å². The number of ether oxygens (including phenoxy) is 1. The van der Waals surface area contributed by atoms with Gasteiger partial charge >= 0.3 is 0 Å². The van der Waals surface area contributed by atoms with E-state index in [2.05, 4.69) is 19.6 Å². The molecule has 0 spiro atoms. The quantitative estimate of drug-likeness (QED) is 0.643. The first-order chi connectivity index (χ1) is 7.83. The third-order valence-electron chi connectivity index (χ3n) is 4.43. The van der Waals surface area contributed by atoms with Gasteiger partial charge in [-0.25, -0.2) is 0 Å². The Morgan fingerprint density at radius 1 is 1.12 bits per heavy atom. The molecule has 0 aromatic rings. The molecule has 1 aliphatic heterocycles. The molecule has 16 heavy (non-hydrogen) atoms. The SMILES string of the molecule is C=CC1CCC(C2CCC(CCC)O2)CC1. The van der Waals surface area contributed by atoms with Gasteiger partial charge in [0.2, 0.25) is 0 Å². The molecule has 1 nitrogen and oxygen atoms in total. The topological polar surface area (TPSA) is 9.23 Å². The summed E-state index contributed by atoms with van der Waals surface area (Å²) in [6, 6.07) is 0. The lowest BCUT2D eigenvalue weighted by Gasteiger charge is -2.30. The molecule has 0 bridgehead atoms. The van der Waals surface area contributed by atoms with Gasteiger partial charge in [-0.1, -0.05) is 19.4 Å². The Hall–Kier alpha value is -0.300. The Labute approximate surface area is 100 Å². The standard InChI is InChI=1S/C15H26O/c1-3-5-14-10-11-15(16-14)13-8-6-12(4-2)7-9-13/h4,12-15H,2-3,5-11H2,1H3. The lowest BCUT2D eigenvalue weighted by molar-refractivity contribution is -0.00523. The van der Waals surface area contributed by atoms with Gasteiger partial charge < -0.3 is 4.74 Å². The second-order valence-corrected chi connectivity index (χ2v) is 5.57. The van der Waals surface area contributed by atoms with Crippen LogP contribution in [0.15, 0.2) is 12.7 Å². The minimum Gasteiger partial charge on any atom is -0.375 e. The zero-order valence-corrected chi connectivity index (χ0v) is 10.7. The molecule has 0 radical (unpaired) electrons. The maximum absolute atomic E-state index is 6.18. The molecular weight excluding hydrogens is 196 g/mol. The number of allylic oxidation sites excluding steroid dienone is 1. The molecule has 0 amide bonds. The molecule has 2 fully saturated rings. The van der Waals surface area contributed by atoms with Gasteiger partial charge in [-0.3, -0.25) is 0 Å². The normalized spacial score (nSPS) is 39.8. The van der Waals surface area contributed by atoms with Crippen molar-refractivity contribution >= 4 is 0 Å². The van der Waals surface area contributed by atoms with Crippen LogP contribution in [0.5, 0.6) is 0 Å². The van der Waals surface area contributed by atoms with E-state index in [4.69, 9.17) is 4.74 Å². The summed E-state index contributed by atoms with van der Waals surface area (Å²) in [6.07, 6.45) is 13.9. The fourth-order valence-electron chi connectivity index (χ4n) is 3.37. The van der Waals surface area contributed by atoms with Crippen molar-refractivity contribution in [3.63, 3.8) is 0 Å². The first-order valence-electron chi connectivity index (χ1n) is 7.11. The van der Waals surface area contributed by atoms with Crippen LogP contribution in [0.2, 0.25) is 0 Å². The van der Waals surface area contributed by atoms with Gasteiger partial charge in [0.1, 0.15) is 0 Å². The zero-order valence-electron chi connectivity index (χ0n) is 10.7. The monoisotopic (exact) mass is 222 g/mol. The van der Waals surface area contributed by atoms with Crippen molar-refractivity contribution in [2.24, 2.45) is 11.8 Å². The molecule has 92 valence electrons. The highest BCUT2D eigenvalue weighted by molar-refractivity contribution is 4.88. The summed E-state index contributed by atoms with van der Waals surface area (Å²) < 4.78 is 6.18. The largest absolute Gasteiger partial charge is 0.375 e. The second-order valence-electron chi connectivity index (χ2n) is 5.57. The number of hydrogen-bond donors (Lipinski definition) is 0. The van der Waals surface area contributed by atoms with Crippen molar-refractivity contribution < 1.29 is 4.74 Å². The molecule has 0 aromatic heterocycles. The Morgan fingerprint density at radius 3 is 2.50 bits per heavy atom. The molecule has 1 heteroatoms. The van der Waals surface area contributed by atoms with E-state index in [1.54, 1.807) is 0 Å². The molecule has 1 saturated carbocycles. The fourth-order valence-corrected chi connectivity index (χ4v) is 3.37. The molecule has 2 rings (SSSR count). The van der Waals surface area contributed by atoms with Gasteiger partial charge in [0.15, 0.2) is 0 Å². The molecule has 0 N–H and O–H groups in total. The van der Waals surface area contributed by atoms with Gasteiger partial charge in [-0.15, -0.1) is 6.58 Å². The average molecular weight is 222 g/mol. The molecule has 2 atom stereocenters. The number of rotatable bonds is 4. The predicted octanol–water partition coefficient (Wildman–Crippen LogP) is 4.33. The highest BCUT2D eigenvalue weighted by Crippen LogP contribution is 2.37. The first-order valence-corrected chi connectivity index (χ1v) is 7.11. The van der Waals surface area contributed by atoms with Gasteiger partial charge in [-0.05, 0) is 56.8 Å². The Balaban J connectivity index is 1.75. The van der Waals surface area contributed by atoms with E-state index < -0.39 is 0 Å². The highest BCUT2D eigenvalue weighted by atomic mass is 16.5. The molecule has 2 unspecified atom stereocenters. The van der Waals surface area contributed by atoms with E-state index in [-0.39, 0.29) is 0 Å². The van der Waals surface area contributed by atoms with Gasteiger partial charge in [0, 0.05) is 0 Å². The van der Waals surface area contributed by atoms with Crippen molar-refractivity contribution in [3.05, 3.63) is 12.7 Å². The van der Waals surface area contributed by atoms with E-state index in [0.29, 0.717) is 12.2 Å². The van der Waals surface area contributed by atoms with E-state index in [0.717, 1.165) is 11.8 Å². The summed E-state index contributed by atoms with van der Waals surface area (Å²) in [7, 11) is 0. The number of hydrogen-bond acceptors (Lipinski definition) is 1. The van der Waals surface area contributed by atoms with Crippen molar-refractivity contribution in [1.29, 1.82) is 0 Å². The van der Waals surface area contributed by atoms with Crippen molar-refractivity contribution in [2.75, 3.05) is 0 Å². The Bertz CT molecular complexity index is 215. The van der Waals surface area contributed by atoms with E-state index in [9.17, 15) is 0 Å². The van der Waals surface area contributed by atoms with Crippen LogP contribution in [0.25, 0.3) is 0 Å². The van der Waals surface area contributed by atoms with Crippen LogP contribution in [0.1, 0.15) is 58.3 Å². The third-order valence-corrected chi connectivity index (χ3v) is 4.43. The maximum Gasteiger partial charge on any atom is 0.0608 e. The molecule has 0 aromatic carbocycles. The van der Waals surface area contributed by atoms with Crippen molar-refractivity contribution in [2.45, 2.75) is 70.5 Å². The summed E-state index contributed by atoms with van der Waals surface area (Å²) >= 11 is 0. The van der Waals surface area contributed by atoms with Crippen LogP contribution < -0.4 is 0 Å². The van der Waals surface area contributed by atoms with Gasteiger partial charge in [-0.2, -0.15) is 0 Å². The fraction of sp³-hybridized carbons (Fsp3) is 0.867. The van der Waals surface area contributed by atoms with Crippen LogP contribution >= 0.6 is 0 Å². The first kappa shape index (κ1) is 12.2. The van der Waals surface area contributed by atoms with E-state index in [1.807, 2.05) is 0 Å². The average Bonchev–Trinajstić information content (AvgIpc) is 2.78. The van der Waals surface area contributed by atoms with Gasteiger partial charge in [0.05, 0.1) is 12.2 Å². The van der Waals surface area contributed by atoms with E-state index in [1.165, 1.54) is 51.4 Å². The molecule has 1 heterocycles. The lowest BCUT2D eigenvalue weighted by atomic mass is 9.79. The highest BCUT2D eigenvalue weighted by Gasteiger charge is 2.33. The summed E-state index contributed by atoms with van der Waals surface area (Å²) in [5.74, 6) is 1.63. The van der Waals surface area contributed by atoms with Crippen LogP contribution in [0, 0.1) is 11.8 Å². The molecule has 1 saturated heterocycles. The maximum atomic E-state index is 6.18. The predicted molar refractivity (Wildman–Crippen MR) is 68.4 cm³/mol. The van der Waals surface area contributed by atoms with Crippen LogP contribution in [-0.4, -0.2) is 12.2 Å². The summed E-state index contributed by atoms with van der Waals surface area (Å²) in [5.41, 5.74) is 0. The van der Waals surface area contributed by atoms with Crippen LogP contribution in [-0.2, 0) is 4.74 Å². The van der Waals surface area contributed by atoms with Crippen molar-refractivity contribution in [3.8, 4) is 0 Å². The van der Waals surface area contributed by atoms with Crippen LogP contribution in [0.3, 0.4) is 0 Å². The summed E-state index contributed by atoms with van der Waals surface area (Å²) in [4.78, 5) is 0. The molecular formula is C15H26O. The minimum atomic E-state index is 0.576. The Kier molecular flexibility index (Phi) is 4.45. The van der Waals surface area contributed by atoms with Crippen molar-refractivity contribution in [1.82, 2.24) is 0 Å². The van der Waals surface area contributed by atoms with Crippen LogP contribution in [0.4, 0.5) is 0 Å². The molecule has 2 aliphatic rings. The minimum absolute atomic E-state index is 0.576. The summed E-state index contributed by atoms with van der Waals surface area (Å²) in [6.45, 7) is 6.17. The third kappa shape index (κ3) is 2.88. The van der Waals surface area contributed by atoms with E-state index >= 15 is 0 Å². The second kappa shape index (κ2) is 5.86. The summed E-state index contributed by atoms with van der Waals surface area (Å²) in [5, 5.41) is 0. The lowest BCUT2D eigenvalue weighted by Crippen LogP contribution is -2.25. The Morgan fingerprint density at radius 2 is 1.88 bits per heavy atom. The zero-order chi connectivity index (χ0) is 11.4. The molecule has 1 aliphatic carbocycles. The smallest absolute Gasteiger partial charge is 0.0608 e.